The lowest BCUT2D eigenvalue weighted by Gasteiger charge is -2.59. The number of carbonyl (C=O) groups is 2. The molecule has 3 aliphatic carbocycles. The Kier molecular flexibility index (Phi) is 5.31. The van der Waals surface area contributed by atoms with Gasteiger partial charge in [-0.1, -0.05) is 44.9 Å². The van der Waals surface area contributed by atoms with Crippen molar-refractivity contribution in [3.05, 3.63) is 24.3 Å². The Morgan fingerprint density at radius 1 is 1.30 bits per heavy atom. The first kappa shape index (κ1) is 20.2. The first-order valence-electron chi connectivity index (χ1n) is 10.3. The minimum absolute atomic E-state index is 0.234. The molecular weight excluding hydrogens is 340 g/mol. The average molecular weight is 375 g/mol. The summed E-state index contributed by atoms with van der Waals surface area (Å²) in [6, 6.07) is 0. The fourth-order valence-electron chi connectivity index (χ4n) is 6.40. The first-order chi connectivity index (χ1) is 12.6. The summed E-state index contributed by atoms with van der Waals surface area (Å²) in [6.07, 6.45) is 11.8. The standard InChI is InChI=1S/C23H34O4/c1-5-23(15-27-20(26)13-19(24)25)12-9-17-16(14-23)7-8-18-21(2,3)10-6-11-22(17,18)4/h5,7,17-18H,1,6,8-15H2,2-4H3,(H,24,25)/t17-,18+,22-,23-/m0/s1. The highest BCUT2D eigenvalue weighted by atomic mass is 16.5. The van der Waals surface area contributed by atoms with Gasteiger partial charge in [-0.3, -0.25) is 9.59 Å². The molecular formula is C23H34O4. The van der Waals surface area contributed by atoms with Gasteiger partial charge in [-0.2, -0.15) is 0 Å². The van der Waals surface area contributed by atoms with E-state index in [1.807, 2.05) is 6.08 Å². The largest absolute Gasteiger partial charge is 0.481 e. The van der Waals surface area contributed by atoms with Crippen LogP contribution < -0.4 is 0 Å². The second-order valence-electron chi connectivity index (χ2n) is 9.98. The number of hydrogen-bond acceptors (Lipinski definition) is 3. The third kappa shape index (κ3) is 3.72. The van der Waals surface area contributed by atoms with Crippen molar-refractivity contribution in [3.63, 3.8) is 0 Å². The third-order valence-corrected chi connectivity index (χ3v) is 7.87. The van der Waals surface area contributed by atoms with Crippen molar-refractivity contribution in [2.75, 3.05) is 6.61 Å². The van der Waals surface area contributed by atoms with Gasteiger partial charge in [0, 0.05) is 5.41 Å². The summed E-state index contributed by atoms with van der Waals surface area (Å²) in [5.41, 5.74) is 2.00. The van der Waals surface area contributed by atoms with Gasteiger partial charge in [0.25, 0.3) is 0 Å². The Balaban J connectivity index is 1.75. The van der Waals surface area contributed by atoms with Gasteiger partial charge in [0.05, 0.1) is 0 Å². The van der Waals surface area contributed by atoms with E-state index in [1.165, 1.54) is 24.8 Å². The SMILES string of the molecule is C=C[C@]1(COC(=O)CC(=O)O)CC[C@H]2C(=CC[C@@H]3C(C)(C)CCC[C@]32C)C1. The quantitative estimate of drug-likeness (QED) is 0.411. The molecule has 4 nitrogen and oxygen atoms in total. The number of fused-ring (bicyclic) bond motifs is 3. The molecule has 3 rings (SSSR count). The minimum atomic E-state index is -1.15. The van der Waals surface area contributed by atoms with Crippen LogP contribution in [-0.4, -0.2) is 23.7 Å². The molecule has 4 atom stereocenters. The number of carboxylic acid groups (broad SMARTS) is 1. The number of allylic oxidation sites excluding steroid dienone is 2. The Hall–Kier alpha value is -1.58. The minimum Gasteiger partial charge on any atom is -0.481 e. The number of hydrogen-bond donors (Lipinski definition) is 1. The molecule has 0 bridgehead atoms. The Morgan fingerprint density at radius 2 is 2.04 bits per heavy atom. The van der Waals surface area contributed by atoms with Crippen LogP contribution in [0.4, 0.5) is 0 Å². The lowest BCUT2D eigenvalue weighted by atomic mass is 9.46. The van der Waals surface area contributed by atoms with E-state index in [0.717, 1.165) is 31.6 Å². The van der Waals surface area contributed by atoms with Crippen LogP contribution in [0.15, 0.2) is 24.3 Å². The Bertz CT molecular complexity index is 661. The van der Waals surface area contributed by atoms with E-state index in [4.69, 9.17) is 9.84 Å². The molecule has 0 unspecified atom stereocenters. The van der Waals surface area contributed by atoms with Crippen molar-refractivity contribution < 1.29 is 19.4 Å². The van der Waals surface area contributed by atoms with E-state index in [0.29, 0.717) is 16.7 Å². The molecule has 2 saturated carbocycles. The maximum Gasteiger partial charge on any atom is 0.317 e. The number of esters is 1. The molecule has 1 N–H and O–H groups in total. The first-order valence-corrected chi connectivity index (χ1v) is 10.3. The van der Waals surface area contributed by atoms with Crippen LogP contribution >= 0.6 is 0 Å². The van der Waals surface area contributed by atoms with Crippen molar-refractivity contribution in [1.29, 1.82) is 0 Å². The molecule has 2 fully saturated rings. The molecule has 0 aromatic carbocycles. The number of rotatable bonds is 5. The summed E-state index contributed by atoms with van der Waals surface area (Å²) in [7, 11) is 0. The predicted octanol–water partition coefficient (Wildman–Crippen LogP) is 5.14. The molecule has 0 saturated heterocycles. The maximum atomic E-state index is 11.7. The zero-order valence-corrected chi connectivity index (χ0v) is 17.1. The smallest absolute Gasteiger partial charge is 0.317 e. The van der Waals surface area contributed by atoms with Gasteiger partial charge in [-0.05, 0) is 61.2 Å². The van der Waals surface area contributed by atoms with Crippen molar-refractivity contribution in [3.8, 4) is 0 Å². The lowest BCUT2D eigenvalue weighted by molar-refractivity contribution is -0.153. The normalized spacial score (nSPS) is 37.4. The van der Waals surface area contributed by atoms with Gasteiger partial charge in [-0.25, -0.2) is 0 Å². The van der Waals surface area contributed by atoms with Gasteiger partial charge in [0.1, 0.15) is 13.0 Å². The second kappa shape index (κ2) is 7.10. The van der Waals surface area contributed by atoms with Crippen LogP contribution in [0.5, 0.6) is 0 Å². The number of carbonyl (C=O) groups excluding carboxylic acids is 1. The van der Waals surface area contributed by atoms with E-state index >= 15 is 0 Å². The number of aliphatic carboxylic acids is 1. The molecule has 0 amide bonds. The summed E-state index contributed by atoms with van der Waals surface area (Å²) < 4.78 is 5.31. The highest BCUT2D eigenvalue weighted by Gasteiger charge is 2.54. The van der Waals surface area contributed by atoms with Crippen LogP contribution in [0.25, 0.3) is 0 Å². The topological polar surface area (TPSA) is 63.6 Å². The van der Waals surface area contributed by atoms with Crippen LogP contribution in [0.2, 0.25) is 0 Å². The average Bonchev–Trinajstić information content (AvgIpc) is 2.58. The lowest BCUT2D eigenvalue weighted by Crippen LogP contribution is -2.50. The van der Waals surface area contributed by atoms with Gasteiger partial charge >= 0.3 is 11.9 Å². The van der Waals surface area contributed by atoms with E-state index < -0.39 is 18.4 Å². The summed E-state index contributed by atoms with van der Waals surface area (Å²) in [5, 5.41) is 8.75. The fourth-order valence-corrected chi connectivity index (χ4v) is 6.40. The van der Waals surface area contributed by atoms with Crippen molar-refractivity contribution in [2.24, 2.45) is 28.1 Å². The molecule has 150 valence electrons. The number of carboxylic acids is 1. The molecule has 0 aliphatic heterocycles. The fraction of sp³-hybridized carbons (Fsp3) is 0.739. The molecule has 0 heterocycles. The van der Waals surface area contributed by atoms with Crippen LogP contribution in [-0.2, 0) is 14.3 Å². The zero-order chi connectivity index (χ0) is 19.9. The van der Waals surface area contributed by atoms with Crippen molar-refractivity contribution in [2.45, 2.75) is 72.1 Å². The summed E-state index contributed by atoms with van der Waals surface area (Å²) >= 11 is 0. The molecule has 3 aliphatic rings. The molecule has 0 spiro atoms. The van der Waals surface area contributed by atoms with Crippen molar-refractivity contribution in [1.82, 2.24) is 0 Å². The Labute approximate surface area is 163 Å². The molecule has 4 heteroatoms. The van der Waals surface area contributed by atoms with E-state index in [-0.39, 0.29) is 12.0 Å². The second-order valence-corrected chi connectivity index (χ2v) is 9.98. The van der Waals surface area contributed by atoms with E-state index in [9.17, 15) is 9.59 Å². The molecule has 0 radical (unpaired) electrons. The summed E-state index contributed by atoms with van der Waals surface area (Å²) in [4.78, 5) is 22.4. The van der Waals surface area contributed by atoms with E-state index in [2.05, 4.69) is 33.4 Å². The van der Waals surface area contributed by atoms with Gasteiger partial charge in [-0.15, -0.1) is 6.58 Å². The highest BCUT2D eigenvalue weighted by Crippen LogP contribution is 2.63. The summed E-state index contributed by atoms with van der Waals surface area (Å²) in [6.45, 7) is 11.6. The maximum absolute atomic E-state index is 11.7. The van der Waals surface area contributed by atoms with Crippen LogP contribution in [0.1, 0.15) is 72.1 Å². The highest BCUT2D eigenvalue weighted by molar-refractivity contribution is 5.90. The van der Waals surface area contributed by atoms with Gasteiger partial charge in [0.2, 0.25) is 0 Å². The van der Waals surface area contributed by atoms with E-state index in [1.54, 1.807) is 0 Å². The molecule has 27 heavy (non-hydrogen) atoms. The van der Waals surface area contributed by atoms with Crippen LogP contribution in [0, 0.1) is 28.1 Å². The third-order valence-electron chi connectivity index (χ3n) is 7.87. The van der Waals surface area contributed by atoms with Gasteiger partial charge < -0.3 is 9.84 Å². The monoisotopic (exact) mass is 374 g/mol. The summed E-state index contributed by atoms with van der Waals surface area (Å²) in [5.74, 6) is -0.467. The Morgan fingerprint density at radius 3 is 2.70 bits per heavy atom. The van der Waals surface area contributed by atoms with Crippen molar-refractivity contribution >= 4 is 11.9 Å². The zero-order valence-electron chi connectivity index (χ0n) is 17.1. The molecule has 0 aromatic rings. The predicted molar refractivity (Wildman–Crippen MR) is 105 cm³/mol. The number of ether oxygens (including phenoxy) is 1. The van der Waals surface area contributed by atoms with Crippen LogP contribution in [0.3, 0.4) is 0 Å². The molecule has 0 aromatic heterocycles. The van der Waals surface area contributed by atoms with Gasteiger partial charge in [0.15, 0.2) is 0 Å².